The molecule has 1 aromatic heterocycles. The van der Waals surface area contributed by atoms with E-state index in [4.69, 9.17) is 4.74 Å². The molecule has 1 N–H and O–H groups in total. The van der Waals surface area contributed by atoms with Crippen LogP contribution in [-0.4, -0.2) is 18.6 Å². The van der Waals surface area contributed by atoms with E-state index in [9.17, 15) is 17.6 Å². The number of ether oxygens (including phenoxy) is 1. The minimum absolute atomic E-state index is 0.0210. The molecule has 1 heterocycles. The van der Waals surface area contributed by atoms with Gasteiger partial charge in [-0.1, -0.05) is 6.92 Å². The minimum atomic E-state index is -4.59. The standard InChI is InChI=1S/C14H14F4N2O/c1-3-4-19-10-7-12(14(16,17)18)20-13-9(10)5-8(15)6-11(13)21-2/h5-7H,3-4H2,1-2H3,(H,19,20). The number of rotatable bonds is 4. The zero-order valence-corrected chi connectivity index (χ0v) is 11.5. The number of hydrogen-bond donors (Lipinski definition) is 1. The maximum Gasteiger partial charge on any atom is 0.433 e. The van der Waals surface area contributed by atoms with Crippen LogP contribution in [-0.2, 0) is 6.18 Å². The molecule has 0 aliphatic rings. The van der Waals surface area contributed by atoms with Gasteiger partial charge in [-0.15, -0.1) is 0 Å². The molecule has 0 saturated heterocycles. The van der Waals surface area contributed by atoms with Crippen molar-refractivity contribution < 1.29 is 22.3 Å². The van der Waals surface area contributed by atoms with Crippen LogP contribution in [0.15, 0.2) is 18.2 Å². The summed E-state index contributed by atoms with van der Waals surface area (Å²) in [6, 6.07) is 3.04. The summed E-state index contributed by atoms with van der Waals surface area (Å²) in [5, 5.41) is 3.12. The van der Waals surface area contributed by atoms with Gasteiger partial charge in [-0.25, -0.2) is 9.37 Å². The van der Waals surface area contributed by atoms with Crippen LogP contribution in [0.5, 0.6) is 5.75 Å². The summed E-state index contributed by atoms with van der Waals surface area (Å²) in [7, 11) is 1.26. The van der Waals surface area contributed by atoms with Gasteiger partial charge in [0.05, 0.1) is 7.11 Å². The van der Waals surface area contributed by atoms with Crippen LogP contribution in [0.2, 0.25) is 0 Å². The average molecular weight is 302 g/mol. The number of alkyl halides is 3. The Kier molecular flexibility index (Phi) is 4.20. The number of pyridine rings is 1. The third kappa shape index (κ3) is 3.17. The van der Waals surface area contributed by atoms with Crippen molar-refractivity contribution in [2.45, 2.75) is 19.5 Å². The lowest BCUT2D eigenvalue weighted by Crippen LogP contribution is -2.11. The van der Waals surface area contributed by atoms with Crippen LogP contribution in [0.3, 0.4) is 0 Å². The number of hydrogen-bond acceptors (Lipinski definition) is 3. The third-order valence-electron chi connectivity index (χ3n) is 2.92. The Morgan fingerprint density at radius 2 is 1.95 bits per heavy atom. The Morgan fingerprint density at radius 3 is 2.52 bits per heavy atom. The molecule has 0 spiro atoms. The van der Waals surface area contributed by atoms with Gasteiger partial charge in [-0.2, -0.15) is 13.2 Å². The molecule has 0 unspecified atom stereocenters. The topological polar surface area (TPSA) is 34.2 Å². The maximum atomic E-state index is 13.6. The van der Waals surface area contributed by atoms with Crippen LogP contribution in [0.4, 0.5) is 23.2 Å². The third-order valence-corrected chi connectivity index (χ3v) is 2.92. The zero-order chi connectivity index (χ0) is 15.6. The summed E-state index contributed by atoms with van der Waals surface area (Å²) in [6.45, 7) is 2.34. The Bertz CT molecular complexity index is 655. The highest BCUT2D eigenvalue weighted by atomic mass is 19.4. The number of anilines is 1. The molecule has 7 heteroatoms. The number of benzene rings is 1. The highest BCUT2D eigenvalue weighted by molar-refractivity contribution is 5.95. The van der Waals surface area contributed by atoms with E-state index in [2.05, 4.69) is 10.3 Å². The highest BCUT2D eigenvalue weighted by Gasteiger charge is 2.34. The highest BCUT2D eigenvalue weighted by Crippen LogP contribution is 2.36. The number of halogens is 4. The Morgan fingerprint density at radius 1 is 1.24 bits per heavy atom. The first kappa shape index (κ1) is 15.3. The van der Waals surface area contributed by atoms with Crippen LogP contribution >= 0.6 is 0 Å². The molecule has 0 atom stereocenters. The average Bonchev–Trinajstić information content (AvgIpc) is 2.42. The van der Waals surface area contributed by atoms with Crippen LogP contribution in [0, 0.1) is 5.82 Å². The van der Waals surface area contributed by atoms with Crippen LogP contribution < -0.4 is 10.1 Å². The molecule has 0 saturated carbocycles. The predicted octanol–water partition coefficient (Wildman–Crippen LogP) is 4.22. The second kappa shape index (κ2) is 5.75. The van der Waals surface area contributed by atoms with Crippen LogP contribution in [0.1, 0.15) is 19.0 Å². The molecule has 0 radical (unpaired) electrons. The van der Waals surface area contributed by atoms with E-state index in [0.29, 0.717) is 6.54 Å². The van der Waals surface area contributed by atoms with E-state index < -0.39 is 17.7 Å². The lowest BCUT2D eigenvalue weighted by Gasteiger charge is -2.15. The molecule has 2 aromatic rings. The molecule has 3 nitrogen and oxygen atoms in total. The second-order valence-electron chi connectivity index (χ2n) is 4.48. The number of fused-ring (bicyclic) bond motifs is 1. The fourth-order valence-electron chi connectivity index (χ4n) is 1.97. The van der Waals surface area contributed by atoms with Crippen molar-refractivity contribution in [2.75, 3.05) is 19.0 Å². The molecule has 0 aliphatic heterocycles. The summed E-state index contributed by atoms with van der Waals surface area (Å²) >= 11 is 0. The fraction of sp³-hybridized carbons (Fsp3) is 0.357. The number of aromatic nitrogens is 1. The predicted molar refractivity (Wildman–Crippen MR) is 72.0 cm³/mol. The van der Waals surface area contributed by atoms with Gasteiger partial charge < -0.3 is 10.1 Å². The first-order valence-electron chi connectivity index (χ1n) is 6.36. The number of nitrogens with zero attached hydrogens (tertiary/aromatic N) is 1. The van der Waals surface area contributed by atoms with Gasteiger partial charge >= 0.3 is 6.18 Å². The SMILES string of the molecule is CCCNc1cc(C(F)(F)F)nc2c(OC)cc(F)cc12. The zero-order valence-electron chi connectivity index (χ0n) is 11.5. The molecule has 21 heavy (non-hydrogen) atoms. The van der Waals surface area contributed by atoms with E-state index in [1.54, 1.807) is 0 Å². The minimum Gasteiger partial charge on any atom is -0.494 e. The summed E-state index contributed by atoms with van der Waals surface area (Å²) in [5.41, 5.74) is -0.877. The van der Waals surface area contributed by atoms with Gasteiger partial charge in [0, 0.05) is 23.7 Å². The first-order valence-corrected chi connectivity index (χ1v) is 6.36. The van der Waals surface area contributed by atoms with Gasteiger partial charge in [-0.3, -0.25) is 0 Å². The smallest absolute Gasteiger partial charge is 0.433 e. The molecule has 0 fully saturated rings. The number of methoxy groups -OCH3 is 1. The molecule has 0 aliphatic carbocycles. The summed E-state index contributed by atoms with van der Waals surface area (Å²) in [4.78, 5) is 3.57. The lowest BCUT2D eigenvalue weighted by atomic mass is 10.1. The summed E-state index contributed by atoms with van der Waals surface area (Å²) < 4.78 is 57.3. The molecule has 114 valence electrons. The summed E-state index contributed by atoms with van der Waals surface area (Å²) in [6.07, 6.45) is -3.87. The van der Waals surface area contributed by atoms with Gasteiger partial charge in [-0.05, 0) is 18.6 Å². The van der Waals surface area contributed by atoms with Crippen molar-refractivity contribution in [3.8, 4) is 5.75 Å². The molecular weight excluding hydrogens is 288 g/mol. The van der Waals surface area contributed by atoms with Crippen molar-refractivity contribution in [1.82, 2.24) is 4.98 Å². The van der Waals surface area contributed by atoms with Gasteiger partial charge in [0.2, 0.25) is 0 Å². The Balaban J connectivity index is 2.74. The molecule has 0 bridgehead atoms. The first-order chi connectivity index (χ1) is 9.86. The second-order valence-corrected chi connectivity index (χ2v) is 4.48. The largest absolute Gasteiger partial charge is 0.494 e. The van der Waals surface area contributed by atoms with Gasteiger partial charge in [0.1, 0.15) is 22.8 Å². The van der Waals surface area contributed by atoms with Gasteiger partial charge in [0.15, 0.2) is 0 Å². The quantitative estimate of drug-likeness (QED) is 0.859. The Labute approximate surface area is 118 Å². The maximum absolute atomic E-state index is 13.6. The van der Waals surface area contributed by atoms with E-state index in [1.807, 2.05) is 6.92 Å². The van der Waals surface area contributed by atoms with E-state index >= 15 is 0 Å². The van der Waals surface area contributed by atoms with Crippen molar-refractivity contribution in [1.29, 1.82) is 0 Å². The molecule has 0 amide bonds. The van der Waals surface area contributed by atoms with Crippen molar-refractivity contribution >= 4 is 16.6 Å². The fourth-order valence-corrected chi connectivity index (χ4v) is 1.97. The van der Waals surface area contributed by atoms with Gasteiger partial charge in [0.25, 0.3) is 0 Å². The van der Waals surface area contributed by atoms with E-state index in [1.165, 1.54) is 7.11 Å². The normalized spacial score (nSPS) is 11.7. The van der Waals surface area contributed by atoms with Crippen molar-refractivity contribution in [3.05, 3.63) is 29.7 Å². The Hall–Kier alpha value is -2.05. The van der Waals surface area contributed by atoms with Crippen LogP contribution in [0.25, 0.3) is 10.9 Å². The van der Waals surface area contributed by atoms with Crippen molar-refractivity contribution in [3.63, 3.8) is 0 Å². The number of nitrogens with one attached hydrogen (secondary N) is 1. The van der Waals surface area contributed by atoms with E-state index in [-0.39, 0.29) is 22.3 Å². The van der Waals surface area contributed by atoms with Crippen molar-refractivity contribution in [2.24, 2.45) is 0 Å². The molecular formula is C14H14F4N2O. The van der Waals surface area contributed by atoms with E-state index in [0.717, 1.165) is 24.6 Å². The summed E-state index contributed by atoms with van der Waals surface area (Å²) in [5.74, 6) is -0.629. The molecule has 2 rings (SSSR count). The lowest BCUT2D eigenvalue weighted by molar-refractivity contribution is -0.140. The molecule has 1 aromatic carbocycles. The monoisotopic (exact) mass is 302 g/mol.